The molecule has 1 fully saturated rings. The first-order valence-electron chi connectivity index (χ1n) is 14.5. The Hall–Kier alpha value is -0.610. The van der Waals surface area contributed by atoms with Gasteiger partial charge in [-0.15, -0.1) is 0 Å². The van der Waals surface area contributed by atoms with Gasteiger partial charge >= 0.3 is 0 Å². The second-order valence-electron chi connectivity index (χ2n) is 11.6. The number of hydrogen-bond donors (Lipinski definition) is 2. The minimum absolute atomic E-state index is 0.0422. The minimum atomic E-state index is 0.0422. The van der Waals surface area contributed by atoms with E-state index in [-0.39, 0.29) is 17.0 Å². The molecule has 0 aromatic rings. The average Bonchev–Trinajstić information content (AvgIpc) is 2.90. The summed E-state index contributed by atoms with van der Waals surface area (Å²) in [5.41, 5.74) is 0.0943. The molecule has 2 N–H and O–H groups in total. The van der Waals surface area contributed by atoms with Gasteiger partial charge < -0.3 is 5.32 Å². The summed E-state index contributed by atoms with van der Waals surface area (Å²) in [6.45, 7) is 15.2. The first-order valence-corrected chi connectivity index (χ1v) is 14.5. The Bertz CT molecular complexity index is 503. The maximum absolute atomic E-state index is 12.3. The van der Waals surface area contributed by atoms with E-state index < -0.39 is 0 Å². The highest BCUT2D eigenvalue weighted by Gasteiger charge is 2.50. The molecular weight excluding hydrogens is 406 g/mol. The van der Waals surface area contributed by atoms with Gasteiger partial charge in [0.2, 0.25) is 5.91 Å². The van der Waals surface area contributed by atoms with Crippen molar-refractivity contribution < 1.29 is 4.79 Å². The van der Waals surface area contributed by atoms with Crippen LogP contribution in [0.25, 0.3) is 0 Å². The first kappa shape index (κ1) is 30.4. The third-order valence-corrected chi connectivity index (χ3v) is 8.22. The van der Waals surface area contributed by atoms with E-state index >= 15 is 0 Å². The van der Waals surface area contributed by atoms with E-state index in [0.29, 0.717) is 12.6 Å². The van der Waals surface area contributed by atoms with E-state index in [2.05, 4.69) is 57.1 Å². The van der Waals surface area contributed by atoms with Crippen molar-refractivity contribution >= 4 is 5.91 Å². The zero-order valence-corrected chi connectivity index (χ0v) is 23.4. The van der Waals surface area contributed by atoms with Crippen molar-refractivity contribution in [1.82, 2.24) is 15.5 Å². The molecule has 1 amide bonds. The summed E-state index contributed by atoms with van der Waals surface area (Å²) < 4.78 is 0. The predicted molar refractivity (Wildman–Crippen MR) is 145 cm³/mol. The van der Waals surface area contributed by atoms with Gasteiger partial charge in [-0.2, -0.15) is 0 Å². The number of hydrogen-bond acceptors (Lipinski definition) is 3. The number of carbonyl (C=O) groups excluding carboxylic acids is 1. The highest BCUT2D eigenvalue weighted by atomic mass is 16.1. The lowest BCUT2D eigenvalue weighted by Gasteiger charge is -2.40. The van der Waals surface area contributed by atoms with Crippen LogP contribution in [0.5, 0.6) is 0 Å². The Kier molecular flexibility index (Phi) is 15.6. The van der Waals surface area contributed by atoms with Crippen LogP contribution in [0, 0.1) is 0 Å². The highest BCUT2D eigenvalue weighted by Crippen LogP contribution is 2.35. The Morgan fingerprint density at radius 2 is 1.18 bits per heavy atom. The third-order valence-electron chi connectivity index (χ3n) is 8.22. The van der Waals surface area contributed by atoms with Crippen molar-refractivity contribution in [2.45, 2.75) is 168 Å². The summed E-state index contributed by atoms with van der Waals surface area (Å²) >= 11 is 0. The fourth-order valence-corrected chi connectivity index (χ4v) is 5.30. The molecule has 1 saturated heterocycles. The van der Waals surface area contributed by atoms with Crippen molar-refractivity contribution in [3.8, 4) is 0 Å². The molecule has 196 valence electrons. The maximum atomic E-state index is 12.3. The fraction of sp³-hybridized carbons (Fsp3) is 0.966. The van der Waals surface area contributed by atoms with E-state index in [1.165, 1.54) is 96.3 Å². The largest absolute Gasteiger partial charge is 0.356 e. The van der Waals surface area contributed by atoms with Crippen LogP contribution in [0.3, 0.4) is 0 Å². The zero-order valence-electron chi connectivity index (χ0n) is 23.4. The Morgan fingerprint density at radius 1 is 0.758 bits per heavy atom. The Balaban J connectivity index is 1.88. The van der Waals surface area contributed by atoms with Gasteiger partial charge in [-0.3, -0.25) is 15.0 Å². The summed E-state index contributed by atoms with van der Waals surface area (Å²) in [6.07, 6.45) is 23.0. The van der Waals surface area contributed by atoms with Gasteiger partial charge in [0.05, 0.1) is 6.17 Å². The molecule has 1 aliphatic heterocycles. The van der Waals surface area contributed by atoms with Crippen LogP contribution in [0.1, 0.15) is 151 Å². The van der Waals surface area contributed by atoms with E-state index in [1.807, 2.05) is 0 Å². The standard InChI is InChI=1S/C29H59N3O/c1-7-8-9-10-11-12-13-14-15-16-17-18-19-20-21-22-24-30-27(33)23-25-32-26(2)31-28(3,4)29(32,5)6/h26,31H,7-25H2,1-6H3,(H,30,33). The molecule has 1 aliphatic rings. The summed E-state index contributed by atoms with van der Waals surface area (Å²) in [4.78, 5) is 14.7. The lowest BCUT2D eigenvalue weighted by Crippen LogP contribution is -2.53. The van der Waals surface area contributed by atoms with Crippen LogP contribution in [-0.2, 0) is 4.79 Å². The molecule has 0 bridgehead atoms. The molecule has 1 heterocycles. The van der Waals surface area contributed by atoms with Crippen LogP contribution in [0.4, 0.5) is 0 Å². The average molecular weight is 466 g/mol. The quantitative estimate of drug-likeness (QED) is 0.182. The molecule has 0 aromatic heterocycles. The SMILES string of the molecule is CCCCCCCCCCCCCCCCCCNC(=O)CCN1C(C)NC(C)(C)C1(C)C. The van der Waals surface area contributed by atoms with E-state index in [0.717, 1.165) is 19.5 Å². The van der Waals surface area contributed by atoms with Crippen molar-refractivity contribution in [3.05, 3.63) is 0 Å². The molecule has 4 heteroatoms. The van der Waals surface area contributed by atoms with Crippen LogP contribution < -0.4 is 10.6 Å². The molecule has 4 nitrogen and oxygen atoms in total. The summed E-state index contributed by atoms with van der Waals surface area (Å²) in [6, 6.07) is 0. The molecule has 0 aliphatic carbocycles. The van der Waals surface area contributed by atoms with Gasteiger partial charge in [0.1, 0.15) is 0 Å². The highest BCUT2D eigenvalue weighted by molar-refractivity contribution is 5.76. The third kappa shape index (κ3) is 12.1. The minimum Gasteiger partial charge on any atom is -0.356 e. The van der Waals surface area contributed by atoms with Crippen LogP contribution in [0.2, 0.25) is 0 Å². The van der Waals surface area contributed by atoms with Gasteiger partial charge in [0, 0.05) is 30.6 Å². The number of unbranched alkanes of at least 4 members (excludes halogenated alkanes) is 15. The molecule has 0 radical (unpaired) electrons. The van der Waals surface area contributed by atoms with Crippen LogP contribution >= 0.6 is 0 Å². The van der Waals surface area contributed by atoms with E-state index in [4.69, 9.17) is 0 Å². The number of amides is 1. The summed E-state index contributed by atoms with van der Waals surface area (Å²) in [7, 11) is 0. The number of rotatable bonds is 20. The van der Waals surface area contributed by atoms with E-state index in [9.17, 15) is 4.79 Å². The molecular formula is C29H59N3O. The lowest BCUT2D eigenvalue weighted by molar-refractivity contribution is -0.121. The molecule has 33 heavy (non-hydrogen) atoms. The number of nitrogens with one attached hydrogen (secondary N) is 2. The Labute approximate surface area is 207 Å². The molecule has 1 unspecified atom stereocenters. The molecule has 1 rings (SSSR count). The van der Waals surface area contributed by atoms with Gasteiger partial charge in [0.15, 0.2) is 0 Å². The van der Waals surface area contributed by atoms with Crippen molar-refractivity contribution in [2.75, 3.05) is 13.1 Å². The van der Waals surface area contributed by atoms with Crippen LogP contribution in [-0.4, -0.2) is 41.1 Å². The second kappa shape index (κ2) is 16.9. The summed E-state index contributed by atoms with van der Waals surface area (Å²) in [5.74, 6) is 0.198. The normalized spacial score (nSPS) is 19.8. The van der Waals surface area contributed by atoms with Crippen molar-refractivity contribution in [3.63, 3.8) is 0 Å². The molecule has 0 spiro atoms. The lowest BCUT2D eigenvalue weighted by atomic mass is 9.83. The fourth-order valence-electron chi connectivity index (χ4n) is 5.30. The number of nitrogens with zero attached hydrogens (tertiary/aromatic N) is 1. The van der Waals surface area contributed by atoms with Crippen molar-refractivity contribution in [1.29, 1.82) is 0 Å². The van der Waals surface area contributed by atoms with Crippen LogP contribution in [0.15, 0.2) is 0 Å². The zero-order chi connectivity index (χ0) is 24.6. The monoisotopic (exact) mass is 465 g/mol. The smallest absolute Gasteiger partial charge is 0.221 e. The van der Waals surface area contributed by atoms with E-state index in [1.54, 1.807) is 0 Å². The molecule has 0 aromatic carbocycles. The topological polar surface area (TPSA) is 44.4 Å². The van der Waals surface area contributed by atoms with Crippen molar-refractivity contribution in [2.24, 2.45) is 0 Å². The predicted octanol–water partition coefficient (Wildman–Crippen LogP) is 7.56. The van der Waals surface area contributed by atoms with Gasteiger partial charge in [-0.1, -0.05) is 103 Å². The molecule has 1 atom stereocenters. The van der Waals surface area contributed by atoms with Gasteiger partial charge in [0.25, 0.3) is 0 Å². The van der Waals surface area contributed by atoms with Gasteiger partial charge in [-0.05, 0) is 41.0 Å². The Morgan fingerprint density at radius 3 is 1.58 bits per heavy atom. The maximum Gasteiger partial charge on any atom is 0.221 e. The van der Waals surface area contributed by atoms with Gasteiger partial charge in [-0.25, -0.2) is 0 Å². The number of carbonyl (C=O) groups is 1. The summed E-state index contributed by atoms with van der Waals surface area (Å²) in [5, 5.41) is 6.79. The first-order chi connectivity index (χ1) is 15.7. The second-order valence-corrected chi connectivity index (χ2v) is 11.6. The molecule has 0 saturated carbocycles.